The lowest BCUT2D eigenvalue weighted by atomic mass is 9.97. The zero-order valence-corrected chi connectivity index (χ0v) is 10.5. The lowest BCUT2D eigenvalue weighted by Gasteiger charge is -2.17. The highest BCUT2D eigenvalue weighted by atomic mass is 32.1. The normalized spacial score (nSPS) is 13.9. The first-order valence-electron chi connectivity index (χ1n) is 5.02. The standard InChI is InChI=1S/C11H15NO4S/c1-7(11(14)16-12-17)10(13)8-3-5-9(15-2)6-4-8/h3-7,10,12-13,17H,1-2H3/t7-,10?/m0/s1. The van der Waals surface area contributed by atoms with E-state index in [1.165, 1.54) is 0 Å². The van der Waals surface area contributed by atoms with Crippen molar-refractivity contribution in [3.8, 4) is 5.75 Å². The third kappa shape index (κ3) is 3.62. The fraction of sp³-hybridized carbons (Fsp3) is 0.364. The van der Waals surface area contributed by atoms with Crippen molar-refractivity contribution < 1.29 is 19.5 Å². The molecule has 0 heterocycles. The Morgan fingerprint density at radius 1 is 1.41 bits per heavy atom. The van der Waals surface area contributed by atoms with E-state index in [-0.39, 0.29) is 0 Å². The van der Waals surface area contributed by atoms with Gasteiger partial charge in [0, 0.05) is 0 Å². The molecule has 6 heteroatoms. The predicted octanol–water partition coefficient (Wildman–Crippen LogP) is 1.26. The summed E-state index contributed by atoms with van der Waals surface area (Å²) in [6.45, 7) is 1.57. The molecule has 17 heavy (non-hydrogen) atoms. The highest BCUT2D eigenvalue weighted by Gasteiger charge is 2.25. The molecule has 1 aromatic rings. The van der Waals surface area contributed by atoms with Gasteiger partial charge in [-0.05, 0) is 24.6 Å². The molecule has 0 bridgehead atoms. The molecule has 0 aliphatic carbocycles. The minimum atomic E-state index is -0.935. The van der Waals surface area contributed by atoms with Gasteiger partial charge >= 0.3 is 5.97 Å². The van der Waals surface area contributed by atoms with E-state index in [2.05, 4.69) is 17.7 Å². The van der Waals surface area contributed by atoms with E-state index in [9.17, 15) is 9.90 Å². The molecule has 1 rings (SSSR count). The van der Waals surface area contributed by atoms with Crippen molar-refractivity contribution >= 4 is 18.8 Å². The quantitative estimate of drug-likeness (QED) is 0.547. The van der Waals surface area contributed by atoms with E-state index in [0.29, 0.717) is 11.3 Å². The summed E-state index contributed by atoms with van der Waals surface area (Å²) in [5.74, 6) is -0.584. The highest BCUT2D eigenvalue weighted by molar-refractivity contribution is 7.77. The van der Waals surface area contributed by atoms with Gasteiger partial charge in [-0.25, -0.2) is 4.79 Å². The number of benzene rings is 1. The second kappa shape index (κ2) is 6.48. The summed E-state index contributed by atoms with van der Waals surface area (Å²) in [5.41, 5.74) is 0.620. The molecule has 1 aromatic carbocycles. The molecule has 0 amide bonds. The predicted molar refractivity (Wildman–Crippen MR) is 65.3 cm³/mol. The Morgan fingerprint density at radius 2 is 2.00 bits per heavy atom. The van der Waals surface area contributed by atoms with Gasteiger partial charge in [-0.2, -0.15) is 0 Å². The molecule has 0 aromatic heterocycles. The summed E-state index contributed by atoms with van der Waals surface area (Å²) >= 11 is 3.55. The summed E-state index contributed by atoms with van der Waals surface area (Å²) < 4.78 is 5.00. The molecule has 0 aliphatic rings. The topological polar surface area (TPSA) is 67.8 Å². The maximum absolute atomic E-state index is 11.4. The van der Waals surface area contributed by atoms with Crippen molar-refractivity contribution in [1.29, 1.82) is 0 Å². The van der Waals surface area contributed by atoms with Crippen LogP contribution in [0.5, 0.6) is 5.75 Å². The Balaban J connectivity index is 2.73. The van der Waals surface area contributed by atoms with Gasteiger partial charge in [0.15, 0.2) is 0 Å². The first-order valence-corrected chi connectivity index (χ1v) is 5.46. The average molecular weight is 257 g/mol. The number of carbonyl (C=O) groups excluding carboxylic acids is 1. The number of hydrogen-bond acceptors (Lipinski definition) is 6. The summed E-state index contributed by atoms with van der Waals surface area (Å²) in [6, 6.07) is 6.82. The number of nitrogens with one attached hydrogen (secondary N) is 1. The second-order valence-electron chi connectivity index (χ2n) is 3.52. The lowest BCUT2D eigenvalue weighted by Crippen LogP contribution is -2.24. The van der Waals surface area contributed by atoms with Crippen LogP contribution in [0.1, 0.15) is 18.6 Å². The maximum Gasteiger partial charge on any atom is 0.331 e. The number of ether oxygens (including phenoxy) is 1. The average Bonchev–Trinajstić information content (AvgIpc) is 2.37. The molecule has 2 atom stereocenters. The van der Waals surface area contributed by atoms with Crippen LogP contribution in [0.2, 0.25) is 0 Å². The Labute approximate surface area is 105 Å². The molecule has 5 nitrogen and oxygen atoms in total. The summed E-state index contributed by atoms with van der Waals surface area (Å²) in [6.07, 6.45) is -0.935. The molecule has 2 N–H and O–H groups in total. The van der Waals surface area contributed by atoms with Crippen LogP contribution in [0.4, 0.5) is 0 Å². The molecule has 0 radical (unpaired) electrons. The molecular formula is C11H15NO4S. The number of carbonyl (C=O) groups is 1. The van der Waals surface area contributed by atoms with Crippen molar-refractivity contribution in [1.82, 2.24) is 4.89 Å². The van der Waals surface area contributed by atoms with Crippen LogP contribution < -0.4 is 9.62 Å². The molecule has 0 spiro atoms. The van der Waals surface area contributed by atoms with Gasteiger partial charge in [-0.1, -0.05) is 29.8 Å². The number of methoxy groups -OCH3 is 1. The van der Waals surface area contributed by atoms with Crippen LogP contribution in [0.25, 0.3) is 0 Å². The van der Waals surface area contributed by atoms with Crippen LogP contribution >= 0.6 is 12.8 Å². The number of aliphatic hydroxyl groups excluding tert-OH is 1. The first kappa shape index (κ1) is 13.8. The monoisotopic (exact) mass is 257 g/mol. The lowest BCUT2D eigenvalue weighted by molar-refractivity contribution is -0.155. The third-order valence-corrected chi connectivity index (χ3v) is 2.54. The first-order chi connectivity index (χ1) is 8.10. The third-order valence-electron chi connectivity index (χ3n) is 2.45. The van der Waals surface area contributed by atoms with Gasteiger partial charge < -0.3 is 14.7 Å². The maximum atomic E-state index is 11.4. The Hall–Kier alpha value is -1.24. The zero-order chi connectivity index (χ0) is 12.8. The minimum absolute atomic E-state index is 0.580. The van der Waals surface area contributed by atoms with Crippen LogP contribution in [0.15, 0.2) is 24.3 Å². The Kier molecular flexibility index (Phi) is 5.27. The molecule has 0 fully saturated rings. The van der Waals surface area contributed by atoms with E-state index < -0.39 is 18.0 Å². The molecular weight excluding hydrogens is 242 g/mol. The SMILES string of the molecule is COc1ccc(C(O)[C@H](C)C(=O)ONS)cc1. The number of aliphatic hydroxyl groups is 1. The summed E-state index contributed by atoms with van der Waals surface area (Å²) in [4.78, 5) is 17.8. The molecule has 0 saturated heterocycles. The fourth-order valence-corrected chi connectivity index (χ4v) is 1.45. The largest absolute Gasteiger partial charge is 0.497 e. The van der Waals surface area contributed by atoms with Gasteiger partial charge in [0.05, 0.1) is 19.1 Å². The summed E-state index contributed by atoms with van der Waals surface area (Å²) in [5, 5.41) is 9.96. The van der Waals surface area contributed by atoms with Gasteiger partial charge in [0.1, 0.15) is 5.75 Å². The van der Waals surface area contributed by atoms with E-state index in [4.69, 9.17) is 4.74 Å². The Morgan fingerprint density at radius 3 is 2.47 bits per heavy atom. The van der Waals surface area contributed by atoms with Crippen molar-refractivity contribution in [2.45, 2.75) is 13.0 Å². The molecule has 1 unspecified atom stereocenters. The van der Waals surface area contributed by atoms with Crippen LogP contribution in [-0.2, 0) is 9.63 Å². The smallest absolute Gasteiger partial charge is 0.331 e. The van der Waals surface area contributed by atoms with Crippen molar-refractivity contribution in [2.24, 2.45) is 5.92 Å². The fourth-order valence-electron chi connectivity index (χ4n) is 1.36. The van der Waals surface area contributed by atoms with Crippen molar-refractivity contribution in [3.05, 3.63) is 29.8 Å². The minimum Gasteiger partial charge on any atom is -0.497 e. The van der Waals surface area contributed by atoms with Gasteiger partial charge in [-0.15, -0.1) is 0 Å². The van der Waals surface area contributed by atoms with Gasteiger partial charge in [-0.3, -0.25) is 0 Å². The van der Waals surface area contributed by atoms with Gasteiger partial charge in [0.25, 0.3) is 0 Å². The number of thiol groups is 1. The highest BCUT2D eigenvalue weighted by Crippen LogP contribution is 2.24. The second-order valence-corrected chi connectivity index (χ2v) is 3.70. The van der Waals surface area contributed by atoms with Crippen LogP contribution in [0, 0.1) is 5.92 Å². The molecule has 94 valence electrons. The van der Waals surface area contributed by atoms with Gasteiger partial charge in [0.2, 0.25) is 0 Å². The molecule has 0 aliphatic heterocycles. The molecule has 0 saturated carbocycles. The number of hydrogen-bond donors (Lipinski definition) is 3. The Bertz CT molecular complexity index is 368. The van der Waals surface area contributed by atoms with E-state index in [1.807, 2.05) is 4.89 Å². The summed E-state index contributed by atoms with van der Waals surface area (Å²) in [7, 11) is 1.56. The van der Waals surface area contributed by atoms with Crippen molar-refractivity contribution in [3.63, 3.8) is 0 Å². The zero-order valence-electron chi connectivity index (χ0n) is 9.58. The van der Waals surface area contributed by atoms with E-state index in [1.54, 1.807) is 38.3 Å². The van der Waals surface area contributed by atoms with Crippen molar-refractivity contribution in [2.75, 3.05) is 7.11 Å². The van der Waals surface area contributed by atoms with E-state index in [0.717, 1.165) is 0 Å². The van der Waals surface area contributed by atoms with Crippen LogP contribution in [0.3, 0.4) is 0 Å². The van der Waals surface area contributed by atoms with E-state index >= 15 is 0 Å². The number of rotatable bonds is 5. The van der Waals surface area contributed by atoms with Crippen LogP contribution in [-0.4, -0.2) is 18.2 Å².